The maximum atomic E-state index is 12.2. The summed E-state index contributed by atoms with van der Waals surface area (Å²) in [6, 6.07) is 0.923. The Labute approximate surface area is 97.6 Å². The maximum absolute atomic E-state index is 12.2. The fraction of sp³-hybridized carbons (Fsp3) is 0.917. The monoisotopic (exact) mass is 225 g/mol. The Balaban J connectivity index is 2.01. The molecule has 2 bridgehead atoms. The van der Waals surface area contributed by atoms with Crippen molar-refractivity contribution in [3.63, 3.8) is 0 Å². The van der Waals surface area contributed by atoms with Gasteiger partial charge in [0.15, 0.2) is 0 Å². The Morgan fingerprint density at radius 1 is 1.50 bits per heavy atom. The van der Waals surface area contributed by atoms with E-state index in [0.29, 0.717) is 6.04 Å². The second-order valence-corrected chi connectivity index (χ2v) is 5.77. The number of nitrogens with one attached hydrogen (secondary N) is 1. The molecule has 92 valence electrons. The molecule has 2 rings (SSSR count). The van der Waals surface area contributed by atoms with Crippen molar-refractivity contribution in [3.8, 4) is 0 Å². The predicted octanol–water partition coefficient (Wildman–Crippen LogP) is 1.45. The van der Waals surface area contributed by atoms with Crippen LogP contribution in [0.3, 0.4) is 0 Å². The van der Waals surface area contributed by atoms with Gasteiger partial charge in [0.1, 0.15) is 0 Å². The van der Waals surface area contributed by atoms with Crippen molar-refractivity contribution < 1.29 is 4.79 Å². The zero-order chi connectivity index (χ0) is 11.9. The van der Waals surface area contributed by atoms with Crippen molar-refractivity contribution in [1.29, 1.82) is 0 Å². The molecule has 3 atom stereocenters. The van der Waals surface area contributed by atoms with E-state index in [4.69, 9.17) is 5.73 Å². The van der Waals surface area contributed by atoms with E-state index in [1.54, 1.807) is 0 Å². The fourth-order valence-electron chi connectivity index (χ4n) is 2.79. The van der Waals surface area contributed by atoms with Gasteiger partial charge in [-0.3, -0.25) is 0 Å². The summed E-state index contributed by atoms with van der Waals surface area (Å²) in [5, 5.41) is 3.10. The minimum absolute atomic E-state index is 0.0762. The summed E-state index contributed by atoms with van der Waals surface area (Å²) in [5.74, 6) is 0. The van der Waals surface area contributed by atoms with E-state index in [2.05, 4.69) is 26.1 Å². The standard InChI is InChI=1S/C12H23N3O/c1-4-12(2,3)14-11(16)15-8-5-6-10(15)9(13)7-8/h8-10H,4-7,13H2,1-3H3,(H,14,16). The molecule has 0 spiro atoms. The van der Waals surface area contributed by atoms with Crippen molar-refractivity contribution in [2.45, 2.75) is 70.1 Å². The molecular formula is C12H23N3O. The van der Waals surface area contributed by atoms with Gasteiger partial charge in [0.05, 0.1) is 0 Å². The second kappa shape index (κ2) is 3.91. The van der Waals surface area contributed by atoms with Crippen molar-refractivity contribution in [2.75, 3.05) is 0 Å². The number of nitrogens with zero attached hydrogens (tertiary/aromatic N) is 1. The quantitative estimate of drug-likeness (QED) is 0.747. The first-order chi connectivity index (χ1) is 7.44. The van der Waals surface area contributed by atoms with Crippen LogP contribution in [-0.4, -0.2) is 34.6 Å². The third-order valence-electron chi connectivity index (χ3n) is 4.15. The topological polar surface area (TPSA) is 58.4 Å². The molecule has 0 aromatic heterocycles. The highest BCUT2D eigenvalue weighted by Crippen LogP contribution is 2.36. The molecule has 2 aliphatic rings. The molecule has 3 N–H and O–H groups in total. The Bertz CT molecular complexity index is 290. The summed E-state index contributed by atoms with van der Waals surface area (Å²) in [6.07, 6.45) is 4.11. The Kier molecular flexibility index (Phi) is 2.86. The van der Waals surface area contributed by atoms with Gasteiger partial charge < -0.3 is 16.0 Å². The molecule has 2 amide bonds. The van der Waals surface area contributed by atoms with Gasteiger partial charge in [-0.05, 0) is 39.5 Å². The van der Waals surface area contributed by atoms with Crippen molar-refractivity contribution in [3.05, 3.63) is 0 Å². The van der Waals surface area contributed by atoms with Gasteiger partial charge in [-0.15, -0.1) is 0 Å². The van der Waals surface area contributed by atoms with Gasteiger partial charge in [0, 0.05) is 23.7 Å². The summed E-state index contributed by atoms with van der Waals surface area (Å²) in [5.41, 5.74) is 5.90. The van der Waals surface area contributed by atoms with Gasteiger partial charge >= 0.3 is 6.03 Å². The molecule has 0 saturated carbocycles. The average molecular weight is 225 g/mol. The molecule has 0 aromatic rings. The Morgan fingerprint density at radius 3 is 2.62 bits per heavy atom. The molecule has 4 nitrogen and oxygen atoms in total. The van der Waals surface area contributed by atoms with Crippen LogP contribution in [0.25, 0.3) is 0 Å². The van der Waals surface area contributed by atoms with Gasteiger partial charge in [0.2, 0.25) is 0 Å². The van der Waals surface area contributed by atoms with E-state index in [1.165, 1.54) is 0 Å². The highest BCUT2D eigenvalue weighted by Gasteiger charge is 2.47. The number of nitrogens with two attached hydrogens (primary N) is 1. The summed E-state index contributed by atoms with van der Waals surface area (Å²) in [7, 11) is 0. The maximum Gasteiger partial charge on any atom is 0.318 e. The number of carbonyl (C=O) groups excluding carboxylic acids is 1. The normalized spacial score (nSPS) is 33.2. The largest absolute Gasteiger partial charge is 0.333 e. The lowest BCUT2D eigenvalue weighted by molar-refractivity contribution is 0.179. The van der Waals surface area contributed by atoms with Gasteiger partial charge in [-0.2, -0.15) is 0 Å². The number of amides is 2. The van der Waals surface area contributed by atoms with Crippen LogP contribution < -0.4 is 11.1 Å². The summed E-state index contributed by atoms with van der Waals surface area (Å²) in [4.78, 5) is 14.2. The SMILES string of the molecule is CCC(C)(C)NC(=O)N1C2CCC1C(N)C2. The zero-order valence-corrected chi connectivity index (χ0v) is 10.5. The van der Waals surface area contributed by atoms with E-state index in [-0.39, 0.29) is 23.7 Å². The van der Waals surface area contributed by atoms with E-state index < -0.39 is 0 Å². The lowest BCUT2D eigenvalue weighted by Gasteiger charge is -2.30. The number of rotatable bonds is 2. The zero-order valence-electron chi connectivity index (χ0n) is 10.5. The highest BCUT2D eigenvalue weighted by atomic mass is 16.2. The molecule has 16 heavy (non-hydrogen) atoms. The lowest BCUT2D eigenvalue weighted by atomic mass is 9.97. The van der Waals surface area contributed by atoms with Crippen LogP contribution in [0, 0.1) is 0 Å². The summed E-state index contributed by atoms with van der Waals surface area (Å²) < 4.78 is 0. The van der Waals surface area contributed by atoms with Crippen LogP contribution in [0.15, 0.2) is 0 Å². The Morgan fingerprint density at radius 2 is 2.19 bits per heavy atom. The van der Waals surface area contributed by atoms with Crippen LogP contribution in [0.4, 0.5) is 4.79 Å². The molecule has 2 fully saturated rings. The number of urea groups is 1. The molecule has 0 aliphatic carbocycles. The van der Waals surface area contributed by atoms with Crippen LogP contribution in [0.2, 0.25) is 0 Å². The minimum atomic E-state index is -0.122. The first-order valence-corrected chi connectivity index (χ1v) is 6.30. The van der Waals surface area contributed by atoms with Gasteiger partial charge in [-0.1, -0.05) is 6.92 Å². The van der Waals surface area contributed by atoms with Crippen molar-refractivity contribution in [2.24, 2.45) is 5.73 Å². The third-order valence-corrected chi connectivity index (χ3v) is 4.15. The van der Waals surface area contributed by atoms with Crippen LogP contribution in [-0.2, 0) is 0 Å². The van der Waals surface area contributed by atoms with E-state index in [1.807, 2.05) is 4.90 Å². The van der Waals surface area contributed by atoms with Crippen molar-refractivity contribution >= 4 is 6.03 Å². The fourth-order valence-corrected chi connectivity index (χ4v) is 2.79. The molecule has 4 heteroatoms. The molecule has 0 radical (unpaired) electrons. The van der Waals surface area contributed by atoms with Crippen LogP contribution in [0.1, 0.15) is 46.5 Å². The molecule has 0 aromatic carbocycles. The summed E-state index contributed by atoms with van der Waals surface area (Å²) >= 11 is 0. The minimum Gasteiger partial charge on any atom is -0.333 e. The highest BCUT2D eigenvalue weighted by molar-refractivity contribution is 5.76. The average Bonchev–Trinajstić information content (AvgIpc) is 2.73. The summed E-state index contributed by atoms with van der Waals surface area (Å²) in [6.45, 7) is 6.20. The second-order valence-electron chi connectivity index (χ2n) is 5.77. The number of fused-ring (bicyclic) bond motifs is 2. The van der Waals surface area contributed by atoms with Crippen LogP contribution >= 0.6 is 0 Å². The lowest BCUT2D eigenvalue weighted by Crippen LogP contribution is -2.52. The smallest absolute Gasteiger partial charge is 0.318 e. The van der Waals surface area contributed by atoms with E-state index in [0.717, 1.165) is 25.7 Å². The Hall–Kier alpha value is -0.770. The van der Waals surface area contributed by atoms with Gasteiger partial charge in [0.25, 0.3) is 0 Å². The van der Waals surface area contributed by atoms with Gasteiger partial charge in [-0.25, -0.2) is 4.79 Å². The number of hydrogen-bond acceptors (Lipinski definition) is 2. The molecule has 2 saturated heterocycles. The first-order valence-electron chi connectivity index (χ1n) is 6.30. The molecular weight excluding hydrogens is 202 g/mol. The number of carbonyl (C=O) groups is 1. The van der Waals surface area contributed by atoms with E-state index >= 15 is 0 Å². The molecule has 2 aliphatic heterocycles. The van der Waals surface area contributed by atoms with E-state index in [9.17, 15) is 4.79 Å². The van der Waals surface area contributed by atoms with Crippen molar-refractivity contribution in [1.82, 2.24) is 10.2 Å². The predicted molar refractivity (Wildman–Crippen MR) is 64.1 cm³/mol. The molecule has 2 heterocycles. The third kappa shape index (κ3) is 1.90. The first kappa shape index (κ1) is 11.7. The number of hydrogen-bond donors (Lipinski definition) is 2. The van der Waals surface area contributed by atoms with Crippen LogP contribution in [0.5, 0.6) is 0 Å². The molecule has 3 unspecified atom stereocenters.